The van der Waals surface area contributed by atoms with Gasteiger partial charge in [-0.25, -0.2) is 0 Å². The minimum Gasteiger partial charge on any atom is -0.479 e. The number of fused-ring (bicyclic) bond motifs is 1. The van der Waals surface area contributed by atoms with Crippen molar-refractivity contribution in [1.29, 1.82) is 0 Å². The fraction of sp³-hybridized carbons (Fsp3) is 0.619. The molecule has 1 N–H and O–H groups in total. The van der Waals surface area contributed by atoms with Crippen molar-refractivity contribution in [3.05, 3.63) is 18.2 Å². The molecule has 0 saturated heterocycles. The molecule has 2 amide bonds. The number of nitrogens with zero attached hydrogens (tertiary/aromatic N) is 1. The number of anilines is 2. The fourth-order valence-electron chi connectivity index (χ4n) is 6.24. The van der Waals surface area contributed by atoms with Crippen LogP contribution in [-0.4, -0.2) is 25.0 Å². The summed E-state index contributed by atoms with van der Waals surface area (Å²) in [5.41, 5.74) is 1.30. The van der Waals surface area contributed by atoms with E-state index in [9.17, 15) is 9.59 Å². The molecule has 4 saturated carbocycles. The number of carbonyl (C=O) groups excluding carboxylic acids is 2. The summed E-state index contributed by atoms with van der Waals surface area (Å²) in [5.74, 6) is 3.03. The van der Waals surface area contributed by atoms with Crippen molar-refractivity contribution >= 4 is 23.2 Å². The first-order valence-corrected chi connectivity index (χ1v) is 9.83. The van der Waals surface area contributed by atoms with Gasteiger partial charge < -0.3 is 15.0 Å². The molecular weight excluding hydrogens is 328 g/mol. The monoisotopic (exact) mass is 354 g/mol. The topological polar surface area (TPSA) is 58.6 Å². The molecule has 5 aliphatic rings. The summed E-state index contributed by atoms with van der Waals surface area (Å²) in [6.07, 6.45) is 6.66. The number of hydrogen-bond donors (Lipinski definition) is 1. The average molecular weight is 354 g/mol. The predicted molar refractivity (Wildman–Crippen MR) is 99.2 cm³/mol. The highest BCUT2D eigenvalue weighted by Crippen LogP contribution is 2.60. The van der Waals surface area contributed by atoms with E-state index in [1.54, 1.807) is 18.9 Å². The number of carbonyl (C=O) groups is 2. The zero-order valence-electron chi connectivity index (χ0n) is 15.5. The third-order valence-corrected chi connectivity index (χ3v) is 7.08. The Morgan fingerprint density at radius 1 is 1.15 bits per heavy atom. The Kier molecular flexibility index (Phi) is 3.40. The van der Waals surface area contributed by atoms with E-state index in [1.807, 2.05) is 18.2 Å². The third kappa shape index (κ3) is 2.36. The molecule has 1 aromatic carbocycles. The molecule has 0 unspecified atom stereocenters. The van der Waals surface area contributed by atoms with Gasteiger partial charge in [0.2, 0.25) is 5.91 Å². The lowest BCUT2D eigenvalue weighted by Crippen LogP contribution is -2.51. The van der Waals surface area contributed by atoms with Crippen LogP contribution in [0, 0.1) is 23.2 Å². The van der Waals surface area contributed by atoms with Gasteiger partial charge in [0.15, 0.2) is 6.10 Å². The molecule has 0 spiro atoms. The quantitative estimate of drug-likeness (QED) is 0.883. The average Bonchev–Trinajstić information content (AvgIpc) is 2.59. The largest absolute Gasteiger partial charge is 0.479 e. The van der Waals surface area contributed by atoms with Crippen LogP contribution in [0.3, 0.4) is 0 Å². The van der Waals surface area contributed by atoms with Gasteiger partial charge >= 0.3 is 0 Å². The molecule has 5 heteroatoms. The van der Waals surface area contributed by atoms with Gasteiger partial charge in [0, 0.05) is 12.7 Å². The summed E-state index contributed by atoms with van der Waals surface area (Å²) in [7, 11) is 1.75. The van der Waals surface area contributed by atoms with Gasteiger partial charge in [-0.2, -0.15) is 0 Å². The molecule has 4 fully saturated rings. The second-order valence-corrected chi connectivity index (χ2v) is 8.99. The van der Waals surface area contributed by atoms with E-state index in [2.05, 4.69) is 5.32 Å². The molecule has 4 aliphatic carbocycles. The number of ether oxygens (including phenoxy) is 1. The number of hydrogen-bond acceptors (Lipinski definition) is 3. The third-order valence-electron chi connectivity index (χ3n) is 7.08. The van der Waals surface area contributed by atoms with Crippen LogP contribution >= 0.6 is 0 Å². The first-order valence-electron chi connectivity index (χ1n) is 9.83. The van der Waals surface area contributed by atoms with E-state index >= 15 is 0 Å². The summed E-state index contributed by atoms with van der Waals surface area (Å²) in [5, 5.41) is 3.16. The molecule has 138 valence electrons. The number of rotatable bonds is 2. The highest BCUT2D eigenvalue weighted by molar-refractivity contribution is 6.01. The van der Waals surface area contributed by atoms with E-state index in [-0.39, 0.29) is 17.2 Å². The Morgan fingerprint density at radius 2 is 1.77 bits per heavy atom. The van der Waals surface area contributed by atoms with Gasteiger partial charge in [0.1, 0.15) is 5.75 Å². The highest BCUT2D eigenvalue weighted by atomic mass is 16.5. The summed E-state index contributed by atoms with van der Waals surface area (Å²) in [4.78, 5) is 27.0. The van der Waals surface area contributed by atoms with Crippen LogP contribution in [0.2, 0.25) is 0 Å². The molecule has 26 heavy (non-hydrogen) atoms. The lowest BCUT2D eigenvalue weighted by atomic mass is 9.49. The molecule has 0 aromatic heterocycles. The molecular formula is C21H26N2O3. The van der Waals surface area contributed by atoms with Crippen molar-refractivity contribution in [2.75, 3.05) is 17.3 Å². The normalized spacial score (nSPS) is 37.3. The van der Waals surface area contributed by atoms with Crippen molar-refractivity contribution in [2.45, 2.75) is 51.6 Å². The van der Waals surface area contributed by atoms with Crippen molar-refractivity contribution in [3.63, 3.8) is 0 Å². The lowest BCUT2D eigenvalue weighted by molar-refractivity contribution is -0.140. The van der Waals surface area contributed by atoms with Gasteiger partial charge in [-0.1, -0.05) is 0 Å². The van der Waals surface area contributed by atoms with Crippen LogP contribution in [0.1, 0.15) is 45.4 Å². The van der Waals surface area contributed by atoms with Gasteiger partial charge in [-0.15, -0.1) is 0 Å². The molecule has 1 atom stereocenters. The molecule has 1 heterocycles. The second-order valence-electron chi connectivity index (χ2n) is 8.99. The maximum absolute atomic E-state index is 13.2. The standard InChI is InChI=1S/C21H26N2O3/c1-12-19(24)23(2)17-8-16(3-4-18(17)26-12)22-20(25)21-9-13-5-14(10-21)7-15(6-13)11-21/h3-4,8,12-15H,5-7,9-11H2,1-2H3,(H,22,25)/t12-,13?,14?,15?,21?/m1/s1. The zero-order chi connectivity index (χ0) is 18.1. The SMILES string of the molecule is C[C@H]1Oc2ccc(NC(=O)C34CC5CC(CC(C5)C3)C4)cc2N(C)C1=O. The summed E-state index contributed by atoms with van der Waals surface area (Å²) in [6, 6.07) is 5.59. The molecule has 4 bridgehead atoms. The van der Waals surface area contributed by atoms with Crippen molar-refractivity contribution in [3.8, 4) is 5.75 Å². The first-order chi connectivity index (χ1) is 12.4. The highest BCUT2D eigenvalue weighted by Gasteiger charge is 2.54. The number of nitrogens with one attached hydrogen (secondary N) is 1. The number of amides is 2. The fourth-order valence-corrected chi connectivity index (χ4v) is 6.24. The van der Waals surface area contributed by atoms with Crippen LogP contribution < -0.4 is 15.0 Å². The first kappa shape index (κ1) is 16.2. The Labute approximate surface area is 154 Å². The molecule has 0 radical (unpaired) electrons. The van der Waals surface area contributed by atoms with Crippen molar-refractivity contribution in [1.82, 2.24) is 0 Å². The zero-order valence-corrected chi connectivity index (χ0v) is 15.5. The lowest BCUT2D eigenvalue weighted by Gasteiger charge is -2.55. The predicted octanol–water partition coefficient (Wildman–Crippen LogP) is 3.59. The Hall–Kier alpha value is -2.04. The summed E-state index contributed by atoms with van der Waals surface area (Å²) in [6.45, 7) is 1.75. The number of likely N-dealkylation sites (N-methyl/N-ethyl adjacent to an activating group) is 1. The van der Waals surface area contributed by atoms with E-state index in [0.717, 1.165) is 48.4 Å². The van der Waals surface area contributed by atoms with Gasteiger partial charge in [-0.05, 0) is 81.4 Å². The van der Waals surface area contributed by atoms with Crippen LogP contribution in [0.15, 0.2) is 18.2 Å². The molecule has 5 nitrogen and oxygen atoms in total. The summed E-state index contributed by atoms with van der Waals surface area (Å²) >= 11 is 0. The van der Waals surface area contributed by atoms with Gasteiger partial charge in [0.05, 0.1) is 11.1 Å². The minimum atomic E-state index is -0.472. The van der Waals surface area contributed by atoms with E-state index in [0.29, 0.717) is 5.75 Å². The molecule has 1 aliphatic heterocycles. The van der Waals surface area contributed by atoms with Gasteiger partial charge in [0.25, 0.3) is 5.91 Å². The van der Waals surface area contributed by atoms with Crippen LogP contribution in [0.25, 0.3) is 0 Å². The van der Waals surface area contributed by atoms with E-state index in [1.165, 1.54) is 19.3 Å². The smallest absolute Gasteiger partial charge is 0.267 e. The van der Waals surface area contributed by atoms with E-state index < -0.39 is 6.10 Å². The summed E-state index contributed by atoms with van der Waals surface area (Å²) < 4.78 is 5.67. The number of benzene rings is 1. The van der Waals surface area contributed by atoms with Crippen LogP contribution in [0.5, 0.6) is 5.75 Å². The maximum atomic E-state index is 13.2. The molecule has 6 rings (SSSR count). The van der Waals surface area contributed by atoms with Crippen LogP contribution in [0.4, 0.5) is 11.4 Å². The Morgan fingerprint density at radius 3 is 2.38 bits per heavy atom. The van der Waals surface area contributed by atoms with Crippen molar-refractivity contribution < 1.29 is 14.3 Å². The molecule has 1 aromatic rings. The van der Waals surface area contributed by atoms with Crippen molar-refractivity contribution in [2.24, 2.45) is 23.2 Å². The second kappa shape index (κ2) is 5.48. The minimum absolute atomic E-state index is 0.0675. The Balaban J connectivity index is 1.39. The Bertz CT molecular complexity index is 752. The maximum Gasteiger partial charge on any atom is 0.267 e. The van der Waals surface area contributed by atoms with Gasteiger partial charge in [-0.3, -0.25) is 9.59 Å². The van der Waals surface area contributed by atoms with Crippen LogP contribution in [-0.2, 0) is 9.59 Å². The van der Waals surface area contributed by atoms with E-state index in [4.69, 9.17) is 4.74 Å².